The minimum absolute atomic E-state index is 0.133. The van der Waals surface area contributed by atoms with Gasteiger partial charge in [-0.05, 0) is 61.3 Å². The van der Waals surface area contributed by atoms with Crippen molar-refractivity contribution in [2.75, 3.05) is 0 Å². The Bertz CT molecular complexity index is 611. The van der Waals surface area contributed by atoms with Gasteiger partial charge in [0, 0.05) is 18.4 Å². The molecule has 4 atom stereocenters. The summed E-state index contributed by atoms with van der Waals surface area (Å²) in [6.45, 7) is 9.75. The Morgan fingerprint density at radius 3 is 2.65 bits per heavy atom. The van der Waals surface area contributed by atoms with Crippen LogP contribution in [0.25, 0.3) is 0 Å². The van der Waals surface area contributed by atoms with E-state index in [2.05, 4.69) is 33.8 Å². The molecule has 2 fully saturated rings. The van der Waals surface area contributed by atoms with E-state index in [1.807, 2.05) is 0 Å². The zero-order valence-corrected chi connectivity index (χ0v) is 15.1. The Morgan fingerprint density at radius 1 is 1.09 bits per heavy atom. The fourth-order valence-corrected chi connectivity index (χ4v) is 6.43. The van der Waals surface area contributed by atoms with Crippen LogP contribution in [0.1, 0.15) is 72.6 Å². The first-order chi connectivity index (χ1) is 10.7. The van der Waals surface area contributed by atoms with Gasteiger partial charge in [-0.15, -0.1) is 0 Å². The summed E-state index contributed by atoms with van der Waals surface area (Å²) in [6, 6.07) is 0. The highest BCUT2D eigenvalue weighted by Crippen LogP contribution is 2.64. The van der Waals surface area contributed by atoms with Crippen LogP contribution in [0.4, 0.5) is 0 Å². The average molecular weight is 314 g/mol. The van der Waals surface area contributed by atoms with E-state index in [9.17, 15) is 4.79 Å². The van der Waals surface area contributed by atoms with Crippen LogP contribution in [0.15, 0.2) is 23.5 Å². The molecule has 0 radical (unpaired) electrons. The summed E-state index contributed by atoms with van der Waals surface area (Å²) in [4.78, 5) is 11.8. The number of hydrogen-bond acceptors (Lipinski definition) is 2. The molecule has 2 saturated carbocycles. The second-order valence-electron chi connectivity index (χ2n) is 9.50. The van der Waals surface area contributed by atoms with Crippen molar-refractivity contribution in [3.63, 3.8) is 0 Å². The van der Waals surface area contributed by atoms with Crippen LogP contribution >= 0.6 is 0 Å². The molecule has 0 saturated heterocycles. The van der Waals surface area contributed by atoms with Crippen LogP contribution in [-0.4, -0.2) is 11.4 Å². The Balaban J connectivity index is 1.79. The summed E-state index contributed by atoms with van der Waals surface area (Å²) in [5.41, 5.74) is 1.92. The Kier molecular flexibility index (Phi) is 3.19. The van der Waals surface area contributed by atoms with Crippen molar-refractivity contribution < 1.29 is 9.53 Å². The van der Waals surface area contributed by atoms with Crippen molar-refractivity contribution in [1.82, 2.24) is 0 Å². The molecule has 0 bridgehead atoms. The largest absolute Gasteiger partial charge is 0.487 e. The lowest BCUT2D eigenvalue weighted by Gasteiger charge is -2.62. The molecular formula is C21H30O2. The van der Waals surface area contributed by atoms with Gasteiger partial charge in [-0.25, -0.2) is 0 Å². The molecule has 0 aromatic carbocycles. The number of hydrogen-bond donors (Lipinski definition) is 0. The lowest BCUT2D eigenvalue weighted by molar-refractivity contribution is -0.163. The maximum atomic E-state index is 11.8. The third-order valence-electron chi connectivity index (χ3n) is 7.53. The molecule has 1 aliphatic heterocycles. The number of carbonyl (C=O) groups is 1. The molecule has 2 heteroatoms. The summed E-state index contributed by atoms with van der Waals surface area (Å²) in [6.07, 6.45) is 12.1. The highest BCUT2D eigenvalue weighted by molar-refractivity contribution is 5.92. The van der Waals surface area contributed by atoms with Crippen molar-refractivity contribution in [3.8, 4) is 0 Å². The van der Waals surface area contributed by atoms with Gasteiger partial charge in [0.15, 0.2) is 5.78 Å². The zero-order chi connectivity index (χ0) is 16.5. The third kappa shape index (κ3) is 2.16. The molecule has 4 aliphatic rings. The molecule has 0 aromatic heterocycles. The first kappa shape index (κ1) is 15.5. The summed E-state index contributed by atoms with van der Waals surface area (Å²) >= 11 is 0. The summed E-state index contributed by atoms with van der Waals surface area (Å²) < 4.78 is 6.51. The number of allylic oxidation sites excluding steroid dienone is 2. The standard InChI is InChI=1S/C21H30O2/c1-19(2)9-5-10-20(3)17(19)8-11-21(4)18(20)12-14-6-7-15(22)13-16(14)23-21/h12-13,17-18H,5-11H2,1-4H3/t17-,18+,20-,21-/m0/s1. The second kappa shape index (κ2) is 4.74. The van der Waals surface area contributed by atoms with Gasteiger partial charge >= 0.3 is 0 Å². The van der Waals surface area contributed by atoms with Crippen molar-refractivity contribution >= 4 is 5.78 Å². The van der Waals surface area contributed by atoms with E-state index in [1.165, 1.54) is 31.3 Å². The molecule has 126 valence electrons. The Labute approximate surface area is 140 Å². The summed E-state index contributed by atoms with van der Waals surface area (Å²) in [7, 11) is 0. The predicted octanol–water partition coefficient (Wildman–Crippen LogP) is 5.19. The van der Waals surface area contributed by atoms with E-state index in [1.54, 1.807) is 6.08 Å². The predicted molar refractivity (Wildman–Crippen MR) is 91.9 cm³/mol. The molecule has 1 heterocycles. The van der Waals surface area contributed by atoms with Crippen LogP contribution in [0.2, 0.25) is 0 Å². The molecule has 0 aromatic rings. The van der Waals surface area contributed by atoms with Crippen LogP contribution in [0.3, 0.4) is 0 Å². The van der Waals surface area contributed by atoms with Crippen molar-refractivity contribution in [2.24, 2.45) is 22.7 Å². The highest BCUT2D eigenvalue weighted by Gasteiger charge is 2.60. The lowest BCUT2D eigenvalue weighted by Crippen LogP contribution is -2.58. The maximum Gasteiger partial charge on any atom is 0.159 e. The number of rotatable bonds is 0. The van der Waals surface area contributed by atoms with Gasteiger partial charge < -0.3 is 4.74 Å². The van der Waals surface area contributed by atoms with E-state index in [0.29, 0.717) is 23.2 Å². The Morgan fingerprint density at radius 2 is 1.87 bits per heavy atom. The molecule has 23 heavy (non-hydrogen) atoms. The second-order valence-corrected chi connectivity index (χ2v) is 9.50. The quantitative estimate of drug-likeness (QED) is 0.615. The topological polar surface area (TPSA) is 26.3 Å². The fraction of sp³-hybridized carbons (Fsp3) is 0.762. The molecule has 2 nitrogen and oxygen atoms in total. The van der Waals surface area contributed by atoms with Gasteiger partial charge in [0.2, 0.25) is 0 Å². The smallest absolute Gasteiger partial charge is 0.159 e. The van der Waals surface area contributed by atoms with Gasteiger partial charge in [-0.1, -0.05) is 33.3 Å². The normalized spacial score (nSPS) is 45.0. The minimum Gasteiger partial charge on any atom is -0.487 e. The number of ether oxygens (including phenoxy) is 1. The van der Waals surface area contributed by atoms with E-state index < -0.39 is 0 Å². The molecule has 0 spiro atoms. The number of carbonyl (C=O) groups excluding carboxylic acids is 1. The van der Waals surface area contributed by atoms with Crippen LogP contribution in [-0.2, 0) is 9.53 Å². The van der Waals surface area contributed by atoms with Crippen LogP contribution in [0.5, 0.6) is 0 Å². The SMILES string of the molecule is CC1(C)CCC[C@]2(C)[C@H]3C=C4CCC(=O)C=C4O[C@@]3(C)CC[C@@H]12. The number of fused-ring (bicyclic) bond motifs is 4. The fourth-order valence-electron chi connectivity index (χ4n) is 6.43. The van der Waals surface area contributed by atoms with E-state index >= 15 is 0 Å². The lowest BCUT2D eigenvalue weighted by atomic mass is 9.45. The van der Waals surface area contributed by atoms with Crippen LogP contribution < -0.4 is 0 Å². The van der Waals surface area contributed by atoms with E-state index in [-0.39, 0.29) is 11.4 Å². The monoisotopic (exact) mass is 314 g/mol. The highest BCUT2D eigenvalue weighted by atomic mass is 16.5. The summed E-state index contributed by atoms with van der Waals surface area (Å²) in [5.74, 6) is 2.35. The van der Waals surface area contributed by atoms with Crippen molar-refractivity contribution in [3.05, 3.63) is 23.5 Å². The van der Waals surface area contributed by atoms with Crippen LogP contribution in [0, 0.1) is 22.7 Å². The van der Waals surface area contributed by atoms with Crippen molar-refractivity contribution in [1.29, 1.82) is 0 Å². The Hall–Kier alpha value is -1.05. The molecular weight excluding hydrogens is 284 g/mol. The molecule has 0 unspecified atom stereocenters. The van der Waals surface area contributed by atoms with E-state index in [4.69, 9.17) is 4.74 Å². The first-order valence-corrected chi connectivity index (χ1v) is 9.39. The first-order valence-electron chi connectivity index (χ1n) is 9.39. The molecule has 4 rings (SSSR count). The van der Waals surface area contributed by atoms with Gasteiger partial charge in [0.25, 0.3) is 0 Å². The molecule has 0 amide bonds. The minimum atomic E-state index is -0.133. The maximum absolute atomic E-state index is 11.8. The van der Waals surface area contributed by atoms with Gasteiger partial charge in [0.1, 0.15) is 11.4 Å². The van der Waals surface area contributed by atoms with Gasteiger partial charge in [-0.3, -0.25) is 4.79 Å². The zero-order valence-electron chi connectivity index (χ0n) is 15.1. The third-order valence-corrected chi connectivity index (χ3v) is 7.53. The summed E-state index contributed by atoms with van der Waals surface area (Å²) in [5, 5.41) is 0. The van der Waals surface area contributed by atoms with Gasteiger partial charge in [-0.2, -0.15) is 0 Å². The van der Waals surface area contributed by atoms with E-state index in [0.717, 1.165) is 24.5 Å². The average Bonchev–Trinajstić information content (AvgIpc) is 2.44. The van der Waals surface area contributed by atoms with Crippen molar-refractivity contribution in [2.45, 2.75) is 78.2 Å². The number of ketones is 1. The molecule has 3 aliphatic carbocycles. The van der Waals surface area contributed by atoms with Gasteiger partial charge in [0.05, 0.1) is 0 Å². The molecule has 0 N–H and O–H groups in total.